The monoisotopic (exact) mass is 447 g/mol. The smallest absolute Gasteiger partial charge is 0.340 e. The number of benzene rings is 3. The lowest BCUT2D eigenvalue weighted by atomic mass is 9.77. The van der Waals surface area contributed by atoms with Gasteiger partial charge in [-0.2, -0.15) is 0 Å². The SMILES string of the molecule is NC(=O)/C=C\C(=O)O.O=C1OC2(c3ccc(O)cc3Oc3cc(O)ccc32)c2ccccc21. The third-order valence-corrected chi connectivity index (χ3v) is 5.07. The average Bonchev–Trinajstić information content (AvgIpc) is 3.06. The average molecular weight is 447 g/mol. The molecule has 0 radical (unpaired) electrons. The van der Waals surface area contributed by atoms with Crippen LogP contribution in [0.5, 0.6) is 23.0 Å². The Morgan fingerprint density at radius 2 is 1.42 bits per heavy atom. The molecule has 2 aliphatic rings. The van der Waals surface area contributed by atoms with E-state index in [1.165, 1.54) is 24.3 Å². The Bertz CT molecular complexity index is 1260. The Morgan fingerprint density at radius 3 is 1.94 bits per heavy atom. The molecule has 0 aliphatic carbocycles. The summed E-state index contributed by atoms with van der Waals surface area (Å²) in [5, 5.41) is 27.5. The fourth-order valence-electron chi connectivity index (χ4n) is 3.81. The number of amides is 1. The molecule has 9 heteroatoms. The van der Waals surface area contributed by atoms with Gasteiger partial charge in [0.05, 0.1) is 5.56 Å². The maximum atomic E-state index is 12.5. The van der Waals surface area contributed by atoms with E-state index < -0.39 is 23.4 Å². The van der Waals surface area contributed by atoms with Gasteiger partial charge in [0, 0.05) is 41.0 Å². The molecule has 5 N–H and O–H groups in total. The van der Waals surface area contributed by atoms with E-state index in [-0.39, 0.29) is 11.5 Å². The van der Waals surface area contributed by atoms with Gasteiger partial charge in [-0.3, -0.25) is 4.79 Å². The number of carbonyl (C=O) groups excluding carboxylic acids is 2. The molecule has 0 saturated heterocycles. The van der Waals surface area contributed by atoms with Gasteiger partial charge in [-0.1, -0.05) is 18.2 Å². The fourth-order valence-corrected chi connectivity index (χ4v) is 3.81. The van der Waals surface area contributed by atoms with E-state index in [0.717, 1.165) is 6.08 Å². The zero-order chi connectivity index (χ0) is 23.8. The number of phenolic OH excluding ortho intramolecular Hbond substituents is 2. The van der Waals surface area contributed by atoms with Crippen molar-refractivity contribution in [2.75, 3.05) is 0 Å². The third kappa shape index (κ3) is 3.72. The van der Waals surface area contributed by atoms with E-state index in [1.54, 1.807) is 24.3 Å². The second-order valence-corrected chi connectivity index (χ2v) is 7.15. The molecular weight excluding hydrogens is 430 g/mol. The predicted octanol–water partition coefficient (Wildman–Crippen LogP) is 2.78. The van der Waals surface area contributed by atoms with Gasteiger partial charge in [-0.25, -0.2) is 9.59 Å². The van der Waals surface area contributed by atoms with Crippen molar-refractivity contribution < 1.29 is 39.2 Å². The number of ether oxygens (including phenoxy) is 2. The first-order valence-corrected chi connectivity index (χ1v) is 9.60. The molecule has 0 unspecified atom stereocenters. The van der Waals surface area contributed by atoms with Gasteiger partial charge in [-0.15, -0.1) is 0 Å². The van der Waals surface area contributed by atoms with Gasteiger partial charge in [0.25, 0.3) is 0 Å². The van der Waals surface area contributed by atoms with E-state index in [1.807, 2.05) is 12.1 Å². The van der Waals surface area contributed by atoms with Crippen LogP contribution in [-0.2, 0) is 19.9 Å². The van der Waals surface area contributed by atoms with Crippen LogP contribution >= 0.6 is 0 Å². The van der Waals surface area contributed by atoms with Gasteiger partial charge in [-0.05, 0) is 30.3 Å². The van der Waals surface area contributed by atoms with Crippen LogP contribution in [0.15, 0.2) is 72.8 Å². The summed E-state index contributed by atoms with van der Waals surface area (Å²) in [6, 6.07) is 16.6. The summed E-state index contributed by atoms with van der Waals surface area (Å²) >= 11 is 0. The molecule has 2 heterocycles. The number of carboxylic acid groups (broad SMARTS) is 1. The van der Waals surface area contributed by atoms with Gasteiger partial charge >= 0.3 is 11.9 Å². The highest BCUT2D eigenvalue weighted by molar-refractivity contribution is 5.97. The van der Waals surface area contributed by atoms with Crippen LogP contribution in [0, 0.1) is 0 Å². The van der Waals surface area contributed by atoms with Crippen molar-refractivity contribution in [1.82, 2.24) is 0 Å². The van der Waals surface area contributed by atoms with Crippen molar-refractivity contribution >= 4 is 17.8 Å². The summed E-state index contributed by atoms with van der Waals surface area (Å²) in [4.78, 5) is 31.9. The van der Waals surface area contributed by atoms with Crippen LogP contribution in [0.2, 0.25) is 0 Å². The van der Waals surface area contributed by atoms with Crippen LogP contribution in [-0.4, -0.2) is 33.2 Å². The number of aliphatic carboxylic acids is 1. The molecule has 2 aliphatic heterocycles. The predicted molar refractivity (Wildman–Crippen MR) is 114 cm³/mol. The first-order valence-electron chi connectivity index (χ1n) is 9.60. The Balaban J connectivity index is 0.000000281. The number of esters is 1. The maximum absolute atomic E-state index is 12.5. The minimum Gasteiger partial charge on any atom is -0.508 e. The zero-order valence-corrected chi connectivity index (χ0v) is 16.9. The van der Waals surface area contributed by atoms with Crippen molar-refractivity contribution in [3.8, 4) is 23.0 Å². The molecule has 3 aromatic carbocycles. The minimum atomic E-state index is -1.18. The Labute approximate surface area is 186 Å². The molecule has 0 bridgehead atoms. The molecule has 0 saturated carbocycles. The zero-order valence-electron chi connectivity index (χ0n) is 16.9. The van der Waals surface area contributed by atoms with Crippen molar-refractivity contribution in [2.45, 2.75) is 5.60 Å². The lowest BCUT2D eigenvalue weighted by Crippen LogP contribution is -2.32. The van der Waals surface area contributed by atoms with E-state index in [0.29, 0.717) is 39.8 Å². The molecule has 1 spiro atoms. The molecule has 0 fully saturated rings. The molecule has 0 aromatic heterocycles. The Hall–Kier alpha value is -4.79. The van der Waals surface area contributed by atoms with Crippen LogP contribution in [0.25, 0.3) is 0 Å². The molecule has 9 nitrogen and oxygen atoms in total. The highest BCUT2D eigenvalue weighted by Crippen LogP contribution is 2.56. The summed E-state index contributed by atoms with van der Waals surface area (Å²) in [5.41, 5.74) is 5.84. The van der Waals surface area contributed by atoms with Gasteiger partial charge in [0.1, 0.15) is 23.0 Å². The van der Waals surface area contributed by atoms with Crippen molar-refractivity contribution in [3.05, 3.63) is 95.1 Å². The first kappa shape index (κ1) is 21.4. The third-order valence-electron chi connectivity index (χ3n) is 5.07. The number of hydrogen-bond donors (Lipinski definition) is 4. The molecule has 0 atom stereocenters. The van der Waals surface area contributed by atoms with E-state index >= 15 is 0 Å². The number of hydrogen-bond acceptors (Lipinski definition) is 7. The van der Waals surface area contributed by atoms with Crippen molar-refractivity contribution in [2.24, 2.45) is 5.73 Å². The summed E-state index contributed by atoms with van der Waals surface area (Å²) < 4.78 is 11.8. The van der Waals surface area contributed by atoms with Gasteiger partial charge < -0.3 is 30.5 Å². The lowest BCUT2D eigenvalue weighted by Gasteiger charge is -2.36. The van der Waals surface area contributed by atoms with Crippen LogP contribution in [0.1, 0.15) is 27.0 Å². The molecule has 3 aromatic rings. The number of aromatic hydroxyl groups is 2. The number of primary amides is 1. The normalized spacial score (nSPS) is 14.2. The quantitative estimate of drug-likeness (QED) is 0.345. The standard InChI is InChI=1S/C20H12O5.C4H5NO3/c21-11-5-7-15-17(9-11)24-18-10-12(22)6-8-16(18)20(15)14-4-2-1-3-13(14)19(23)25-20;5-3(6)1-2-4(7)8/h1-10,21-22H;1-2H,(H2,5,6)(H,7,8)/b;2-1-. The van der Waals surface area contributed by atoms with E-state index in [9.17, 15) is 24.6 Å². The Morgan fingerprint density at radius 1 is 0.848 bits per heavy atom. The highest BCUT2D eigenvalue weighted by Gasteiger charge is 2.53. The second kappa shape index (κ2) is 8.04. The van der Waals surface area contributed by atoms with E-state index in [4.69, 9.17) is 14.6 Å². The van der Waals surface area contributed by atoms with Gasteiger partial charge in [0.15, 0.2) is 5.60 Å². The molecule has 166 valence electrons. The highest BCUT2D eigenvalue weighted by atomic mass is 16.6. The largest absolute Gasteiger partial charge is 0.508 e. The summed E-state index contributed by atoms with van der Waals surface area (Å²) in [6.45, 7) is 0. The summed E-state index contributed by atoms with van der Waals surface area (Å²) in [7, 11) is 0. The molecule has 1 amide bonds. The fraction of sp³-hybridized carbons (Fsp3) is 0.0417. The lowest BCUT2D eigenvalue weighted by molar-refractivity contribution is -0.131. The van der Waals surface area contributed by atoms with Crippen LogP contribution in [0.3, 0.4) is 0 Å². The number of rotatable bonds is 2. The van der Waals surface area contributed by atoms with Crippen LogP contribution < -0.4 is 10.5 Å². The number of carbonyl (C=O) groups is 3. The molecule has 5 rings (SSSR count). The first-order chi connectivity index (χ1) is 15.7. The topological polar surface area (TPSA) is 156 Å². The number of phenols is 2. The maximum Gasteiger partial charge on any atom is 0.340 e. The number of carboxylic acids is 1. The van der Waals surface area contributed by atoms with Crippen molar-refractivity contribution in [3.63, 3.8) is 0 Å². The van der Waals surface area contributed by atoms with Crippen molar-refractivity contribution in [1.29, 1.82) is 0 Å². The molecular formula is C24H17NO8. The Kier molecular flexibility index (Phi) is 5.23. The molecule has 33 heavy (non-hydrogen) atoms. The second-order valence-electron chi connectivity index (χ2n) is 7.15. The number of nitrogens with two attached hydrogens (primary N) is 1. The van der Waals surface area contributed by atoms with Crippen LogP contribution in [0.4, 0.5) is 0 Å². The van der Waals surface area contributed by atoms with E-state index in [2.05, 4.69) is 5.73 Å². The number of fused-ring (bicyclic) bond motifs is 6. The van der Waals surface area contributed by atoms with Gasteiger partial charge in [0.2, 0.25) is 5.91 Å². The summed E-state index contributed by atoms with van der Waals surface area (Å²) in [5.74, 6) is -1.53. The summed E-state index contributed by atoms with van der Waals surface area (Å²) in [6.07, 6.45) is 1.46. The minimum absolute atomic E-state index is 0.0371.